The van der Waals surface area contributed by atoms with Crippen LogP contribution in [0.2, 0.25) is 0 Å². The highest BCUT2D eigenvalue weighted by Crippen LogP contribution is 2.43. The van der Waals surface area contributed by atoms with E-state index in [1.165, 1.54) is 6.92 Å². The number of amides is 1. The average Bonchev–Trinajstić information content (AvgIpc) is 3.07. The largest absolute Gasteiger partial charge is 0.456 e. The summed E-state index contributed by atoms with van der Waals surface area (Å²) in [5.41, 5.74) is 0.440. The average molecular weight is 438 g/mol. The third kappa shape index (κ3) is 5.02. The topological polar surface area (TPSA) is 115 Å². The van der Waals surface area contributed by atoms with E-state index in [9.17, 15) is 24.2 Å². The first kappa shape index (κ1) is 22.7. The first-order valence-corrected chi connectivity index (χ1v) is 10.2. The van der Waals surface area contributed by atoms with Crippen molar-refractivity contribution >= 4 is 23.4 Å². The minimum Gasteiger partial charge on any atom is -0.456 e. The first-order chi connectivity index (χ1) is 14.5. The van der Waals surface area contributed by atoms with Crippen LogP contribution in [0.25, 0.3) is 0 Å². The van der Waals surface area contributed by atoms with E-state index in [0.717, 1.165) is 6.20 Å². The van der Waals surface area contributed by atoms with Crippen LogP contribution in [0, 0.1) is 10.1 Å². The second kappa shape index (κ2) is 8.64. The summed E-state index contributed by atoms with van der Waals surface area (Å²) in [6.07, 6.45) is 1.38. The molecule has 2 heterocycles. The third-order valence-electron chi connectivity index (χ3n) is 5.23. The predicted octanol–water partition coefficient (Wildman–Crippen LogP) is 3.63. The number of pyridine rings is 1. The van der Waals surface area contributed by atoms with E-state index < -0.39 is 34.7 Å². The molecule has 1 saturated heterocycles. The highest BCUT2D eigenvalue weighted by atomic mass is 19.2. The van der Waals surface area contributed by atoms with Crippen molar-refractivity contribution in [2.75, 3.05) is 18.0 Å². The fraction of sp³-hybridized carbons (Fsp3) is 0.650. The van der Waals surface area contributed by atoms with Gasteiger partial charge in [-0.2, -0.15) is 0 Å². The molecule has 0 saturated carbocycles. The lowest BCUT2D eigenvalue weighted by Crippen LogP contribution is -2.48. The second-order valence-electron chi connectivity index (χ2n) is 8.78. The Bertz CT molecular complexity index is 887. The number of nitro groups is 1. The van der Waals surface area contributed by atoms with Crippen LogP contribution in [0.1, 0.15) is 64.3 Å². The molecule has 1 aromatic heterocycles. The van der Waals surface area contributed by atoms with Crippen molar-refractivity contribution in [3.8, 4) is 0 Å². The Kier molecular flexibility index (Phi) is 6.33. The zero-order chi connectivity index (χ0) is 22.9. The number of piperidine rings is 1. The van der Waals surface area contributed by atoms with E-state index in [-0.39, 0.29) is 17.4 Å². The molecule has 1 aliphatic heterocycles. The van der Waals surface area contributed by atoms with Gasteiger partial charge in [0.15, 0.2) is 0 Å². The fourth-order valence-electron chi connectivity index (χ4n) is 4.08. The summed E-state index contributed by atoms with van der Waals surface area (Å²) in [5, 5.41) is 11.8. The van der Waals surface area contributed by atoms with Crippen LogP contribution in [0.5, 0.6) is 0 Å². The number of ether oxygens (including phenoxy) is 2. The smallest absolute Gasteiger partial charge is 0.438 e. The number of aromatic nitrogens is 1. The number of esters is 1. The molecule has 0 bridgehead atoms. The van der Waals surface area contributed by atoms with E-state index in [1.54, 1.807) is 25.7 Å². The maximum absolute atomic E-state index is 14.8. The summed E-state index contributed by atoms with van der Waals surface area (Å²) in [6, 6.07) is -0.808. The van der Waals surface area contributed by atoms with Gasteiger partial charge >= 0.3 is 17.7 Å². The molecule has 3 rings (SSSR count). The molecular weight excluding hydrogens is 411 g/mol. The van der Waals surface area contributed by atoms with Crippen LogP contribution in [-0.4, -0.2) is 51.8 Å². The Morgan fingerprint density at radius 2 is 2.06 bits per heavy atom. The normalized spacial score (nSPS) is 20.7. The van der Waals surface area contributed by atoms with Crippen molar-refractivity contribution in [1.29, 1.82) is 0 Å². The molecule has 11 heteroatoms. The molecule has 0 N–H and O–H groups in total. The quantitative estimate of drug-likeness (QED) is 0.303. The van der Waals surface area contributed by atoms with Crippen LogP contribution in [0.4, 0.5) is 20.7 Å². The van der Waals surface area contributed by atoms with E-state index in [2.05, 4.69) is 4.98 Å². The Hall–Kier alpha value is -2.98. The summed E-state index contributed by atoms with van der Waals surface area (Å²) >= 11 is 0. The van der Waals surface area contributed by atoms with Gasteiger partial charge in [-0.3, -0.25) is 14.9 Å². The number of rotatable bonds is 4. The van der Waals surface area contributed by atoms with Crippen LogP contribution in [0.3, 0.4) is 0 Å². The molecule has 2 atom stereocenters. The Morgan fingerprint density at radius 1 is 1.35 bits per heavy atom. The Morgan fingerprint density at radius 3 is 2.68 bits per heavy atom. The van der Waals surface area contributed by atoms with Gasteiger partial charge < -0.3 is 14.4 Å². The van der Waals surface area contributed by atoms with Crippen LogP contribution in [-0.2, 0) is 20.7 Å². The zero-order valence-electron chi connectivity index (χ0n) is 18.1. The number of hydrogen-bond donors (Lipinski definition) is 0. The van der Waals surface area contributed by atoms with Gasteiger partial charge in [-0.25, -0.2) is 9.78 Å². The van der Waals surface area contributed by atoms with Crippen LogP contribution >= 0.6 is 0 Å². The maximum Gasteiger partial charge on any atom is 0.438 e. The molecule has 1 aliphatic carbocycles. The van der Waals surface area contributed by atoms with Gasteiger partial charge in [0.1, 0.15) is 23.6 Å². The number of fused-ring (bicyclic) bond motifs is 1. The summed E-state index contributed by atoms with van der Waals surface area (Å²) in [6.45, 7) is 6.78. The van der Waals surface area contributed by atoms with Gasteiger partial charge in [0, 0.05) is 25.6 Å². The molecule has 1 fully saturated rings. The van der Waals surface area contributed by atoms with Crippen molar-refractivity contribution in [2.24, 2.45) is 0 Å². The number of anilines is 1. The number of carbonyl (C=O) groups is 2. The maximum atomic E-state index is 14.8. The van der Waals surface area contributed by atoms with Crippen molar-refractivity contribution < 1.29 is 28.5 Å². The summed E-state index contributed by atoms with van der Waals surface area (Å²) in [5.74, 6) is -0.456. The second-order valence-corrected chi connectivity index (χ2v) is 8.78. The molecule has 1 aromatic rings. The Balaban J connectivity index is 1.89. The molecule has 2 aliphatic rings. The molecular formula is C20H27FN4O6. The molecule has 0 aromatic carbocycles. The molecule has 1 unspecified atom stereocenters. The monoisotopic (exact) mass is 438 g/mol. The predicted molar refractivity (Wildman–Crippen MR) is 108 cm³/mol. The highest BCUT2D eigenvalue weighted by Gasteiger charge is 2.38. The van der Waals surface area contributed by atoms with Gasteiger partial charge in [-0.1, -0.05) is 4.48 Å². The third-order valence-corrected chi connectivity index (χ3v) is 5.23. The number of nitrogens with zero attached hydrogens (tertiary/aromatic N) is 4. The van der Waals surface area contributed by atoms with Crippen molar-refractivity contribution in [2.45, 2.75) is 71.1 Å². The van der Waals surface area contributed by atoms with Gasteiger partial charge in [-0.05, 0) is 46.5 Å². The van der Waals surface area contributed by atoms with E-state index in [0.29, 0.717) is 49.2 Å². The lowest BCUT2D eigenvalue weighted by atomic mass is 10.0. The van der Waals surface area contributed by atoms with Crippen molar-refractivity contribution in [1.82, 2.24) is 10.1 Å². The summed E-state index contributed by atoms with van der Waals surface area (Å²) < 4.78 is 25.2. The number of halogens is 1. The lowest BCUT2D eigenvalue weighted by Gasteiger charge is -2.37. The molecule has 31 heavy (non-hydrogen) atoms. The molecule has 0 radical (unpaired) electrons. The molecule has 10 nitrogen and oxygen atoms in total. The zero-order valence-corrected chi connectivity index (χ0v) is 18.1. The Labute approximate surface area is 179 Å². The number of hydrogen-bond acceptors (Lipinski definition) is 8. The van der Waals surface area contributed by atoms with Gasteiger partial charge in [0.2, 0.25) is 0 Å². The fourth-order valence-corrected chi connectivity index (χ4v) is 4.08. The summed E-state index contributed by atoms with van der Waals surface area (Å²) in [7, 11) is 0. The minimum absolute atomic E-state index is 0.0747. The van der Waals surface area contributed by atoms with Crippen LogP contribution in [0.15, 0.2) is 6.20 Å². The van der Waals surface area contributed by atoms with E-state index in [1.807, 2.05) is 0 Å². The van der Waals surface area contributed by atoms with Crippen molar-refractivity contribution in [3.05, 3.63) is 27.6 Å². The first-order valence-electron chi connectivity index (χ1n) is 10.2. The molecule has 0 spiro atoms. The van der Waals surface area contributed by atoms with Crippen LogP contribution < -0.4 is 4.90 Å². The van der Waals surface area contributed by atoms with Crippen molar-refractivity contribution in [3.63, 3.8) is 0 Å². The van der Waals surface area contributed by atoms with Gasteiger partial charge in [0.05, 0.1) is 16.7 Å². The minimum atomic E-state index is -1.08. The van der Waals surface area contributed by atoms with E-state index in [4.69, 9.17) is 9.47 Å². The summed E-state index contributed by atoms with van der Waals surface area (Å²) in [4.78, 5) is 40.6. The molecule has 170 valence electrons. The lowest BCUT2D eigenvalue weighted by molar-refractivity contribution is -0.384. The van der Waals surface area contributed by atoms with Gasteiger partial charge in [-0.15, -0.1) is 5.12 Å². The SMILES string of the molecule is CC(=O)OC1CCc2c1ncc([N+](=O)[O-])c2N1CCC[C@H](N(F)C(=O)OC(C)(C)C)C1. The highest BCUT2D eigenvalue weighted by molar-refractivity contribution is 5.71. The molecule has 1 amide bonds. The van der Waals surface area contributed by atoms with E-state index >= 15 is 0 Å². The number of carbonyl (C=O) groups excluding carboxylic acids is 2. The standard InChI is InChI=1S/C20H27FN4O6/c1-12(26)30-16-8-7-14-17(16)22-10-15(25(28)29)18(14)23-9-5-6-13(11-23)24(21)19(27)31-20(2,3)4/h10,13,16H,5-9,11H2,1-4H3/t13-,16?/m0/s1. The van der Waals surface area contributed by atoms with Gasteiger partial charge in [0.25, 0.3) is 0 Å².